The van der Waals surface area contributed by atoms with Gasteiger partial charge < -0.3 is 19.9 Å². The van der Waals surface area contributed by atoms with Crippen molar-refractivity contribution in [2.24, 2.45) is 5.92 Å². The lowest BCUT2D eigenvalue weighted by Crippen LogP contribution is -2.44. The monoisotopic (exact) mass is 317 g/mol. The van der Waals surface area contributed by atoms with Crippen LogP contribution < -0.4 is 14.8 Å². The van der Waals surface area contributed by atoms with Crippen LogP contribution in [0, 0.1) is 5.92 Å². The van der Waals surface area contributed by atoms with Crippen molar-refractivity contribution < 1.29 is 33.0 Å². The second-order valence-electron chi connectivity index (χ2n) is 4.78. The van der Waals surface area contributed by atoms with E-state index in [9.17, 15) is 18.4 Å². The molecule has 1 aromatic carbocycles. The van der Waals surface area contributed by atoms with Gasteiger partial charge in [0.1, 0.15) is 6.04 Å². The van der Waals surface area contributed by atoms with Gasteiger partial charge in [-0.25, -0.2) is 4.79 Å². The molecule has 0 bridgehead atoms. The van der Waals surface area contributed by atoms with Gasteiger partial charge in [0.25, 0.3) is 5.91 Å². The molecule has 122 valence electrons. The zero-order valence-electron chi connectivity index (χ0n) is 12.3. The highest BCUT2D eigenvalue weighted by atomic mass is 19.3. The van der Waals surface area contributed by atoms with E-state index in [2.05, 4.69) is 10.1 Å². The zero-order valence-corrected chi connectivity index (χ0v) is 12.3. The van der Waals surface area contributed by atoms with Crippen LogP contribution in [0.5, 0.6) is 11.5 Å². The summed E-state index contributed by atoms with van der Waals surface area (Å²) >= 11 is 0. The molecule has 0 aliphatic heterocycles. The van der Waals surface area contributed by atoms with Gasteiger partial charge in [-0.15, -0.1) is 0 Å². The van der Waals surface area contributed by atoms with Crippen LogP contribution in [0.1, 0.15) is 24.2 Å². The van der Waals surface area contributed by atoms with Crippen LogP contribution in [0.15, 0.2) is 18.2 Å². The first kappa shape index (κ1) is 17.7. The molecule has 2 N–H and O–H groups in total. The molecule has 0 aliphatic rings. The second-order valence-corrected chi connectivity index (χ2v) is 4.78. The maximum atomic E-state index is 12.2. The molecule has 0 aliphatic carbocycles. The molecule has 1 rings (SSSR count). The lowest BCUT2D eigenvalue weighted by atomic mass is 10.0. The fourth-order valence-electron chi connectivity index (χ4n) is 1.74. The molecule has 0 aromatic heterocycles. The van der Waals surface area contributed by atoms with Crippen LogP contribution in [0.4, 0.5) is 8.78 Å². The average Bonchev–Trinajstić information content (AvgIpc) is 2.43. The van der Waals surface area contributed by atoms with Gasteiger partial charge in [-0.2, -0.15) is 8.78 Å². The van der Waals surface area contributed by atoms with Crippen molar-refractivity contribution in [3.63, 3.8) is 0 Å². The molecular weight excluding hydrogens is 300 g/mol. The number of carbonyl (C=O) groups is 2. The lowest BCUT2D eigenvalue weighted by molar-refractivity contribution is -0.140. The van der Waals surface area contributed by atoms with E-state index in [1.54, 1.807) is 13.8 Å². The Bertz CT molecular complexity index is 548. The number of nitrogens with one attached hydrogen (secondary N) is 1. The molecule has 0 saturated heterocycles. The Morgan fingerprint density at radius 1 is 1.23 bits per heavy atom. The maximum absolute atomic E-state index is 12.2. The van der Waals surface area contributed by atoms with Crippen LogP contribution in [0.3, 0.4) is 0 Å². The molecular formula is C14H17F2NO5. The lowest BCUT2D eigenvalue weighted by Gasteiger charge is -2.18. The third-order valence-electron chi connectivity index (χ3n) is 2.86. The first-order valence-corrected chi connectivity index (χ1v) is 6.42. The Balaban J connectivity index is 2.97. The van der Waals surface area contributed by atoms with Gasteiger partial charge in [0, 0.05) is 5.56 Å². The minimum absolute atomic E-state index is 0.0515. The number of rotatable bonds is 7. The normalized spacial score (nSPS) is 12.1. The third-order valence-corrected chi connectivity index (χ3v) is 2.86. The van der Waals surface area contributed by atoms with Crippen molar-refractivity contribution in [3.8, 4) is 11.5 Å². The molecule has 6 nitrogen and oxygen atoms in total. The van der Waals surface area contributed by atoms with Crippen LogP contribution >= 0.6 is 0 Å². The molecule has 0 fully saturated rings. The highest BCUT2D eigenvalue weighted by Gasteiger charge is 2.24. The molecule has 1 aromatic rings. The number of carboxylic acid groups (broad SMARTS) is 1. The molecule has 0 radical (unpaired) electrons. The molecule has 1 unspecified atom stereocenters. The summed E-state index contributed by atoms with van der Waals surface area (Å²) in [5.41, 5.74) is 0.0744. The zero-order chi connectivity index (χ0) is 16.9. The number of carbonyl (C=O) groups excluding carboxylic acids is 1. The Morgan fingerprint density at radius 2 is 1.86 bits per heavy atom. The summed E-state index contributed by atoms with van der Waals surface area (Å²) in [4.78, 5) is 23.1. The van der Waals surface area contributed by atoms with Gasteiger partial charge in [0.05, 0.1) is 7.11 Å². The van der Waals surface area contributed by atoms with Crippen molar-refractivity contribution in [1.29, 1.82) is 0 Å². The van der Waals surface area contributed by atoms with Crippen molar-refractivity contribution in [2.75, 3.05) is 7.11 Å². The predicted octanol–water partition coefficient (Wildman–Crippen LogP) is 2.14. The minimum atomic E-state index is -3.02. The Kier molecular flexibility index (Phi) is 6.09. The smallest absolute Gasteiger partial charge is 0.387 e. The van der Waals surface area contributed by atoms with Crippen LogP contribution in [-0.4, -0.2) is 36.7 Å². The average molecular weight is 317 g/mol. The summed E-state index contributed by atoms with van der Waals surface area (Å²) in [6.07, 6.45) is 0. The van der Waals surface area contributed by atoms with E-state index in [-0.39, 0.29) is 23.0 Å². The fourth-order valence-corrected chi connectivity index (χ4v) is 1.74. The number of hydrogen-bond donors (Lipinski definition) is 2. The van der Waals surface area contributed by atoms with E-state index in [0.717, 1.165) is 6.07 Å². The van der Waals surface area contributed by atoms with E-state index in [1.165, 1.54) is 19.2 Å². The van der Waals surface area contributed by atoms with Gasteiger partial charge >= 0.3 is 12.6 Å². The molecule has 0 saturated carbocycles. The summed E-state index contributed by atoms with van der Waals surface area (Å²) in [5.74, 6) is -2.39. The molecule has 8 heteroatoms. The Hall–Kier alpha value is -2.38. The molecule has 0 spiro atoms. The van der Waals surface area contributed by atoms with Gasteiger partial charge in [0.2, 0.25) is 0 Å². The predicted molar refractivity (Wildman–Crippen MR) is 73.4 cm³/mol. The number of halogens is 2. The first-order valence-electron chi connectivity index (χ1n) is 6.42. The van der Waals surface area contributed by atoms with Gasteiger partial charge in [0.15, 0.2) is 11.5 Å². The number of methoxy groups -OCH3 is 1. The van der Waals surface area contributed by atoms with Gasteiger partial charge in [-0.3, -0.25) is 4.79 Å². The Labute approximate surface area is 126 Å². The highest BCUT2D eigenvalue weighted by Crippen LogP contribution is 2.29. The first-order chi connectivity index (χ1) is 10.3. The largest absolute Gasteiger partial charge is 0.493 e. The van der Waals surface area contributed by atoms with Crippen LogP contribution in [0.25, 0.3) is 0 Å². The molecule has 1 amide bonds. The number of amides is 1. The number of hydrogen-bond acceptors (Lipinski definition) is 4. The number of carboxylic acids is 1. The quantitative estimate of drug-likeness (QED) is 0.805. The third kappa shape index (κ3) is 4.57. The fraction of sp³-hybridized carbons (Fsp3) is 0.429. The summed E-state index contributed by atoms with van der Waals surface area (Å²) in [7, 11) is 1.24. The Morgan fingerprint density at radius 3 is 2.32 bits per heavy atom. The van der Waals surface area contributed by atoms with Crippen molar-refractivity contribution in [1.82, 2.24) is 5.32 Å². The van der Waals surface area contributed by atoms with Crippen molar-refractivity contribution in [2.45, 2.75) is 26.5 Å². The minimum Gasteiger partial charge on any atom is -0.493 e. The highest BCUT2D eigenvalue weighted by molar-refractivity contribution is 5.97. The van der Waals surface area contributed by atoms with E-state index < -0.39 is 24.5 Å². The van der Waals surface area contributed by atoms with Crippen molar-refractivity contribution >= 4 is 11.9 Å². The van der Waals surface area contributed by atoms with E-state index in [0.29, 0.717) is 0 Å². The van der Waals surface area contributed by atoms with Gasteiger partial charge in [-0.1, -0.05) is 13.8 Å². The standard InChI is InChI=1S/C14H17F2NO5/c1-7(2)11(13(19)20)17-12(18)8-4-5-9(22-14(15)16)10(6-8)21-3/h4-7,11,14H,1-3H3,(H,17,18)(H,19,20). The van der Waals surface area contributed by atoms with E-state index in [1.807, 2.05) is 0 Å². The second kappa shape index (κ2) is 7.58. The number of alkyl halides is 2. The van der Waals surface area contributed by atoms with Crippen molar-refractivity contribution in [3.05, 3.63) is 23.8 Å². The SMILES string of the molecule is COc1cc(C(=O)NC(C(=O)O)C(C)C)ccc1OC(F)F. The van der Waals surface area contributed by atoms with E-state index >= 15 is 0 Å². The van der Waals surface area contributed by atoms with Gasteiger partial charge in [-0.05, 0) is 24.1 Å². The number of benzene rings is 1. The molecule has 0 heterocycles. The summed E-state index contributed by atoms with van der Waals surface area (Å²) in [6, 6.07) is 2.54. The maximum Gasteiger partial charge on any atom is 0.387 e. The topological polar surface area (TPSA) is 84.9 Å². The summed E-state index contributed by atoms with van der Waals surface area (Å²) < 4.78 is 33.6. The van der Waals surface area contributed by atoms with Crippen LogP contribution in [-0.2, 0) is 4.79 Å². The number of ether oxygens (including phenoxy) is 2. The summed E-state index contributed by atoms with van der Waals surface area (Å²) in [6.45, 7) is 0.282. The molecule has 22 heavy (non-hydrogen) atoms. The van der Waals surface area contributed by atoms with E-state index in [4.69, 9.17) is 9.84 Å². The summed E-state index contributed by atoms with van der Waals surface area (Å²) in [5, 5.41) is 11.4. The number of aliphatic carboxylic acids is 1. The molecule has 1 atom stereocenters. The van der Waals surface area contributed by atoms with Crippen LogP contribution in [0.2, 0.25) is 0 Å².